The van der Waals surface area contributed by atoms with Gasteiger partial charge in [0.15, 0.2) is 0 Å². The van der Waals surface area contributed by atoms with Crippen LogP contribution >= 0.6 is 0 Å². The molecule has 4 aromatic rings. The highest BCUT2D eigenvalue weighted by Gasteiger charge is 2.26. The lowest BCUT2D eigenvalue weighted by Gasteiger charge is -2.20. The summed E-state index contributed by atoms with van der Waals surface area (Å²) in [6.45, 7) is 4.44. The molecule has 0 heterocycles. The van der Waals surface area contributed by atoms with Crippen molar-refractivity contribution in [1.29, 1.82) is 0 Å². The quantitative estimate of drug-likeness (QED) is 0.300. The molecule has 4 aromatic carbocycles. The fourth-order valence-corrected chi connectivity index (χ4v) is 4.77. The van der Waals surface area contributed by atoms with Crippen LogP contribution in [0.1, 0.15) is 35.6 Å². The SMILES string of the molecule is CCCc1cc2c(c(-c3ccc(C)cc3)c1-c1ccccc1)Cc1ccccc1-2. The summed E-state index contributed by atoms with van der Waals surface area (Å²) in [5, 5.41) is 0. The predicted octanol–water partition coefficient (Wildman–Crippen LogP) is 7.85. The lowest BCUT2D eigenvalue weighted by molar-refractivity contribution is 0.923. The van der Waals surface area contributed by atoms with Crippen LogP contribution in [-0.2, 0) is 12.8 Å². The number of fused-ring (bicyclic) bond motifs is 3. The molecule has 0 N–H and O–H groups in total. The molecule has 1 aliphatic rings. The Balaban J connectivity index is 1.87. The fraction of sp³-hybridized carbons (Fsp3) is 0.172. The zero-order valence-corrected chi connectivity index (χ0v) is 17.2. The molecule has 29 heavy (non-hydrogen) atoms. The molecule has 0 saturated carbocycles. The maximum absolute atomic E-state index is 2.48. The summed E-state index contributed by atoms with van der Waals surface area (Å²) in [5.74, 6) is 0. The zero-order chi connectivity index (χ0) is 19.8. The lowest BCUT2D eigenvalue weighted by atomic mass is 9.83. The van der Waals surface area contributed by atoms with Crippen LogP contribution in [0.25, 0.3) is 33.4 Å². The van der Waals surface area contributed by atoms with Crippen LogP contribution in [0.15, 0.2) is 84.9 Å². The van der Waals surface area contributed by atoms with Gasteiger partial charge >= 0.3 is 0 Å². The summed E-state index contributed by atoms with van der Waals surface area (Å²) in [7, 11) is 0. The molecule has 0 saturated heterocycles. The first-order valence-corrected chi connectivity index (χ1v) is 10.7. The van der Waals surface area contributed by atoms with Gasteiger partial charge in [-0.2, -0.15) is 0 Å². The van der Waals surface area contributed by atoms with E-state index in [9.17, 15) is 0 Å². The van der Waals surface area contributed by atoms with Gasteiger partial charge in [0.25, 0.3) is 0 Å². The Morgan fingerprint density at radius 2 is 1.38 bits per heavy atom. The first-order valence-electron chi connectivity index (χ1n) is 10.7. The second-order valence-corrected chi connectivity index (χ2v) is 8.13. The van der Waals surface area contributed by atoms with Crippen molar-refractivity contribution in [1.82, 2.24) is 0 Å². The van der Waals surface area contributed by atoms with E-state index in [4.69, 9.17) is 0 Å². The standard InChI is InChI=1S/C29H26/c1-3-9-24-19-26-25-13-8-7-12-23(25)18-27(26)29(22-16-14-20(2)15-17-22)28(24)21-10-5-4-6-11-21/h4-8,10-17,19H,3,9,18H2,1-2H3. The van der Waals surface area contributed by atoms with Crippen LogP contribution in [0.5, 0.6) is 0 Å². The molecule has 0 spiro atoms. The smallest absolute Gasteiger partial charge is 0.000706 e. The van der Waals surface area contributed by atoms with Crippen molar-refractivity contribution in [2.45, 2.75) is 33.1 Å². The summed E-state index contributed by atoms with van der Waals surface area (Å²) in [5.41, 5.74) is 14.0. The molecule has 0 nitrogen and oxygen atoms in total. The van der Waals surface area contributed by atoms with Crippen LogP contribution in [0.3, 0.4) is 0 Å². The molecule has 0 bridgehead atoms. The van der Waals surface area contributed by atoms with Crippen molar-refractivity contribution in [2.24, 2.45) is 0 Å². The van der Waals surface area contributed by atoms with E-state index in [1.807, 2.05) is 0 Å². The van der Waals surface area contributed by atoms with Crippen molar-refractivity contribution in [3.8, 4) is 33.4 Å². The third-order valence-corrected chi connectivity index (χ3v) is 6.11. The Morgan fingerprint density at radius 1 is 0.690 bits per heavy atom. The van der Waals surface area contributed by atoms with Gasteiger partial charge in [0.05, 0.1) is 0 Å². The molecule has 0 atom stereocenters. The second kappa shape index (κ2) is 7.37. The molecule has 0 amide bonds. The Hall–Kier alpha value is -3.12. The minimum absolute atomic E-state index is 1.01. The molecule has 0 radical (unpaired) electrons. The van der Waals surface area contributed by atoms with Crippen molar-refractivity contribution in [3.63, 3.8) is 0 Å². The normalized spacial score (nSPS) is 11.9. The Kier molecular flexibility index (Phi) is 4.56. The number of hydrogen-bond donors (Lipinski definition) is 0. The van der Waals surface area contributed by atoms with Crippen LogP contribution in [0, 0.1) is 6.92 Å². The van der Waals surface area contributed by atoms with Crippen LogP contribution in [-0.4, -0.2) is 0 Å². The summed E-state index contributed by atoms with van der Waals surface area (Å²) < 4.78 is 0. The van der Waals surface area contributed by atoms with E-state index in [1.165, 1.54) is 55.6 Å². The highest BCUT2D eigenvalue weighted by Crippen LogP contribution is 2.47. The van der Waals surface area contributed by atoms with E-state index < -0.39 is 0 Å². The number of benzene rings is 4. The van der Waals surface area contributed by atoms with Crippen molar-refractivity contribution < 1.29 is 0 Å². The molecule has 0 heteroatoms. The Bertz CT molecular complexity index is 1160. The summed E-state index contributed by atoms with van der Waals surface area (Å²) >= 11 is 0. The van der Waals surface area contributed by atoms with E-state index in [2.05, 4.69) is 98.8 Å². The first-order chi connectivity index (χ1) is 14.3. The van der Waals surface area contributed by atoms with Crippen LogP contribution < -0.4 is 0 Å². The maximum Gasteiger partial charge on any atom is -0.000706 e. The molecule has 0 aromatic heterocycles. The largest absolute Gasteiger partial charge is 0.0651 e. The molecular formula is C29H26. The molecule has 1 aliphatic carbocycles. The van der Waals surface area contributed by atoms with E-state index in [1.54, 1.807) is 0 Å². The minimum atomic E-state index is 1.01. The molecule has 0 unspecified atom stereocenters. The lowest BCUT2D eigenvalue weighted by Crippen LogP contribution is -1.99. The maximum atomic E-state index is 2.48. The Morgan fingerprint density at radius 3 is 2.14 bits per heavy atom. The molecule has 0 fully saturated rings. The van der Waals surface area contributed by atoms with Crippen LogP contribution in [0.4, 0.5) is 0 Å². The van der Waals surface area contributed by atoms with Crippen molar-refractivity contribution >= 4 is 0 Å². The predicted molar refractivity (Wildman–Crippen MR) is 124 cm³/mol. The highest BCUT2D eigenvalue weighted by molar-refractivity contribution is 5.95. The topological polar surface area (TPSA) is 0 Å². The van der Waals surface area contributed by atoms with Gasteiger partial charge in [-0.25, -0.2) is 0 Å². The third kappa shape index (κ3) is 3.09. The highest BCUT2D eigenvalue weighted by atomic mass is 14.3. The number of hydrogen-bond acceptors (Lipinski definition) is 0. The van der Waals surface area contributed by atoms with Crippen molar-refractivity contribution in [3.05, 3.63) is 107 Å². The van der Waals surface area contributed by atoms with E-state index in [0.717, 1.165) is 19.3 Å². The van der Waals surface area contributed by atoms with Gasteiger partial charge in [0, 0.05) is 0 Å². The molecule has 0 aliphatic heterocycles. The summed E-state index contributed by atoms with van der Waals surface area (Å²) in [6, 6.07) is 31.4. The monoisotopic (exact) mass is 374 g/mol. The fourth-order valence-electron chi connectivity index (χ4n) is 4.77. The number of aryl methyl sites for hydroxylation is 2. The first kappa shape index (κ1) is 17.9. The summed E-state index contributed by atoms with van der Waals surface area (Å²) in [6.07, 6.45) is 3.26. The van der Waals surface area contributed by atoms with Crippen LogP contribution in [0.2, 0.25) is 0 Å². The molecular weight excluding hydrogens is 348 g/mol. The third-order valence-electron chi connectivity index (χ3n) is 6.11. The Labute approximate surface area is 173 Å². The van der Waals surface area contributed by atoms with Gasteiger partial charge in [-0.3, -0.25) is 0 Å². The van der Waals surface area contributed by atoms with Gasteiger partial charge in [-0.15, -0.1) is 0 Å². The summed E-state index contributed by atoms with van der Waals surface area (Å²) in [4.78, 5) is 0. The van der Waals surface area contributed by atoms with Gasteiger partial charge in [-0.1, -0.05) is 104 Å². The molecule has 142 valence electrons. The average molecular weight is 375 g/mol. The van der Waals surface area contributed by atoms with Gasteiger partial charge < -0.3 is 0 Å². The molecule has 5 rings (SSSR count). The van der Waals surface area contributed by atoms with Gasteiger partial charge in [0.2, 0.25) is 0 Å². The zero-order valence-electron chi connectivity index (χ0n) is 17.2. The second-order valence-electron chi connectivity index (χ2n) is 8.13. The minimum Gasteiger partial charge on any atom is -0.0651 e. The van der Waals surface area contributed by atoms with Gasteiger partial charge in [-0.05, 0) is 69.8 Å². The van der Waals surface area contributed by atoms with E-state index >= 15 is 0 Å². The average Bonchev–Trinajstić information content (AvgIpc) is 3.13. The van der Waals surface area contributed by atoms with Crippen molar-refractivity contribution in [2.75, 3.05) is 0 Å². The van der Waals surface area contributed by atoms with Gasteiger partial charge in [0.1, 0.15) is 0 Å². The number of rotatable bonds is 4. The van der Waals surface area contributed by atoms with E-state index in [0.29, 0.717) is 0 Å². The van der Waals surface area contributed by atoms with E-state index in [-0.39, 0.29) is 0 Å².